The van der Waals surface area contributed by atoms with E-state index in [4.69, 9.17) is 9.47 Å². The van der Waals surface area contributed by atoms with Gasteiger partial charge in [0.2, 0.25) is 5.91 Å². The molecule has 17 atom stereocenters. The molecule has 12 bridgehead atoms. The van der Waals surface area contributed by atoms with Gasteiger partial charge in [-0.3, -0.25) is 4.79 Å². The highest BCUT2D eigenvalue weighted by Gasteiger charge is 2.88. The molecular formula is C43H58N2O3. The number of allylic oxidation sites excluding steroid dienone is 2. The molecule has 1 amide bonds. The van der Waals surface area contributed by atoms with Gasteiger partial charge < -0.3 is 19.3 Å². The van der Waals surface area contributed by atoms with Crippen LogP contribution >= 0.6 is 0 Å². The van der Waals surface area contributed by atoms with Gasteiger partial charge in [-0.25, -0.2) is 0 Å². The number of likely N-dealkylation sites (tertiary alicyclic amines) is 2. The number of carbonyl (C=O) groups is 1. The lowest BCUT2D eigenvalue weighted by Crippen LogP contribution is -2.70. The average Bonchev–Trinajstić information content (AvgIpc) is 3.59. The molecule has 12 aliphatic carbocycles. The van der Waals surface area contributed by atoms with Crippen LogP contribution in [0.5, 0.6) is 0 Å². The van der Waals surface area contributed by atoms with Crippen molar-refractivity contribution in [3.8, 4) is 0 Å². The Morgan fingerprint density at radius 3 is 2.71 bits per heavy atom. The van der Waals surface area contributed by atoms with E-state index in [-0.39, 0.29) is 27.9 Å². The lowest BCUT2D eigenvalue weighted by molar-refractivity contribution is -0.308. The topological polar surface area (TPSA) is 42.0 Å². The van der Waals surface area contributed by atoms with E-state index in [1.54, 1.807) is 0 Å². The Hall–Kier alpha value is -1.17. The second kappa shape index (κ2) is 7.92. The number of nitrogens with zero attached hydrogens (tertiary/aromatic N) is 2. The number of hydrogen-bond donors (Lipinski definition) is 0. The molecule has 0 aromatic heterocycles. The number of ether oxygens (including phenoxy) is 2. The molecule has 0 N–H and O–H groups in total. The molecule has 3 heterocycles. The van der Waals surface area contributed by atoms with Crippen LogP contribution in [0, 0.1) is 73.9 Å². The van der Waals surface area contributed by atoms with Crippen molar-refractivity contribution < 1.29 is 14.3 Å². The predicted molar refractivity (Wildman–Crippen MR) is 183 cm³/mol. The number of methoxy groups -OCH3 is 1. The van der Waals surface area contributed by atoms with Gasteiger partial charge in [-0.2, -0.15) is 0 Å². The Labute approximate surface area is 288 Å². The molecule has 48 heavy (non-hydrogen) atoms. The van der Waals surface area contributed by atoms with Gasteiger partial charge in [0.05, 0.1) is 17.8 Å². The van der Waals surface area contributed by atoms with Crippen LogP contribution in [0.4, 0.5) is 0 Å². The van der Waals surface area contributed by atoms with E-state index < -0.39 is 0 Å². The van der Waals surface area contributed by atoms with Crippen molar-refractivity contribution in [2.45, 2.75) is 128 Å². The van der Waals surface area contributed by atoms with Crippen molar-refractivity contribution in [3.05, 3.63) is 22.8 Å². The molecule has 11 fully saturated rings. The summed E-state index contributed by atoms with van der Waals surface area (Å²) in [7, 11) is 6.60. The molecule has 3 aliphatic heterocycles. The van der Waals surface area contributed by atoms with Crippen molar-refractivity contribution in [1.82, 2.24) is 9.80 Å². The minimum atomic E-state index is -0.152. The van der Waals surface area contributed by atoms with E-state index in [1.165, 1.54) is 96.6 Å². The highest BCUT2D eigenvalue weighted by atomic mass is 16.5. The summed E-state index contributed by atoms with van der Waals surface area (Å²) >= 11 is 0. The highest BCUT2D eigenvalue weighted by molar-refractivity contribution is 5.85. The van der Waals surface area contributed by atoms with Gasteiger partial charge in [0.15, 0.2) is 0 Å². The number of carbonyl (C=O) groups excluding carboxylic acids is 1. The van der Waals surface area contributed by atoms with Crippen LogP contribution in [0.2, 0.25) is 0 Å². The summed E-state index contributed by atoms with van der Waals surface area (Å²) in [5.74, 6) is 5.22. The second-order valence-corrected chi connectivity index (χ2v) is 21.6. The van der Waals surface area contributed by atoms with Gasteiger partial charge in [-0.15, -0.1) is 0 Å². The zero-order valence-electron chi connectivity index (χ0n) is 30.3. The lowest BCUT2D eigenvalue weighted by Gasteiger charge is -2.70. The van der Waals surface area contributed by atoms with Gasteiger partial charge >= 0.3 is 0 Å². The number of hydrogen-bond acceptors (Lipinski definition) is 4. The number of rotatable bonds is 1. The van der Waals surface area contributed by atoms with E-state index in [9.17, 15) is 4.79 Å². The van der Waals surface area contributed by atoms with Crippen molar-refractivity contribution in [1.29, 1.82) is 0 Å². The number of fused-ring (bicyclic) bond motifs is 3. The average molecular weight is 651 g/mol. The van der Waals surface area contributed by atoms with Crippen LogP contribution in [0.1, 0.15) is 104 Å². The smallest absolute Gasteiger partial charge is 0.228 e. The predicted octanol–water partition coefficient (Wildman–Crippen LogP) is 7.02. The maximum atomic E-state index is 14.3. The Morgan fingerprint density at radius 2 is 1.85 bits per heavy atom. The maximum Gasteiger partial charge on any atom is 0.228 e. The molecule has 0 aromatic rings. The summed E-state index contributed by atoms with van der Waals surface area (Å²) in [5.41, 5.74) is 6.96. The first-order valence-electron chi connectivity index (χ1n) is 20.6. The van der Waals surface area contributed by atoms with Crippen LogP contribution in [0.15, 0.2) is 22.8 Å². The van der Waals surface area contributed by atoms with E-state index in [1.807, 2.05) is 23.8 Å². The molecule has 258 valence electrons. The monoisotopic (exact) mass is 650 g/mol. The molecule has 3 saturated heterocycles. The quantitative estimate of drug-likeness (QED) is 0.306. The first-order chi connectivity index (χ1) is 23.0. The molecule has 0 radical (unpaired) electrons. The van der Waals surface area contributed by atoms with Crippen LogP contribution in [0.3, 0.4) is 0 Å². The van der Waals surface area contributed by atoms with Gasteiger partial charge in [0.1, 0.15) is 0 Å². The van der Waals surface area contributed by atoms with E-state index in [0.29, 0.717) is 52.1 Å². The van der Waals surface area contributed by atoms with Gasteiger partial charge in [-0.05, 0) is 142 Å². The van der Waals surface area contributed by atoms with Crippen molar-refractivity contribution >= 4 is 5.91 Å². The fraction of sp³-hybridized carbons (Fsp3) is 0.884. The van der Waals surface area contributed by atoms with Crippen LogP contribution in [0.25, 0.3) is 0 Å². The fourth-order valence-corrected chi connectivity index (χ4v) is 20.1. The van der Waals surface area contributed by atoms with Crippen molar-refractivity contribution in [2.24, 2.45) is 73.9 Å². The van der Waals surface area contributed by atoms with Gasteiger partial charge in [0.25, 0.3) is 0 Å². The third-order valence-electron chi connectivity index (χ3n) is 20.6. The molecular weight excluding hydrogens is 592 g/mol. The number of amides is 1. The van der Waals surface area contributed by atoms with E-state index in [2.05, 4.69) is 43.8 Å². The Bertz CT molecular complexity index is 1680. The number of piperidine rings is 2. The third-order valence-corrected chi connectivity index (χ3v) is 20.6. The largest absolute Gasteiger partial charge is 0.381 e. The molecule has 0 aromatic carbocycles. The molecule has 8 saturated carbocycles. The Kier molecular flexibility index (Phi) is 4.69. The SMILES string of the molecule is COC1C2C3N(C)C(=O)[C@]4(C)CCC[C@]35[C@@H]3C[C@H]1[C@]1(CC[C@]67C8C[C@@]9(CCC%10=C(C[C@H]%11CN(C)C[C@]%10(C)C%11)C9=C[C@H]86)[C@@H]7O1)C[C@]23CC[C@@H]54. The third kappa shape index (κ3) is 2.55. The summed E-state index contributed by atoms with van der Waals surface area (Å²) in [5, 5.41) is 0. The standard InChI is InChI=1S/C43H58N2O3/c1-37-18-23(20-44(3)22-37)15-24-25(37)7-11-39-19-29-27(16-26(24)39)42(29)14-13-41(48-35(39)42)21-40-12-8-30-38(2)9-6-10-43(30)31(40)17-28(41)33(47-5)32(40)34(43)45(4)36(38)46/h16,23,27-35H,6-15,17-22H2,1-5H3/t23-,27-,28-,29?,30-,31-,32?,33?,34?,35+,37+,38-,39-,40+,41+,42-,43+/m1/s1. The summed E-state index contributed by atoms with van der Waals surface area (Å²) < 4.78 is 15.0. The van der Waals surface area contributed by atoms with Crippen LogP contribution < -0.4 is 0 Å². The highest BCUT2D eigenvalue weighted by Crippen LogP contribution is 2.89. The van der Waals surface area contributed by atoms with Crippen LogP contribution in [-0.2, 0) is 14.3 Å². The first-order valence-corrected chi connectivity index (χ1v) is 20.6. The summed E-state index contributed by atoms with van der Waals surface area (Å²) in [4.78, 5) is 19.3. The van der Waals surface area contributed by atoms with Crippen molar-refractivity contribution in [3.63, 3.8) is 0 Å². The van der Waals surface area contributed by atoms with E-state index >= 15 is 0 Å². The lowest BCUT2D eigenvalue weighted by atomic mass is 9.38. The molecule has 15 aliphatic rings. The van der Waals surface area contributed by atoms with Crippen LogP contribution in [-0.4, -0.2) is 73.9 Å². The summed E-state index contributed by atoms with van der Waals surface area (Å²) in [6.45, 7) is 7.51. The minimum Gasteiger partial charge on any atom is -0.381 e. The van der Waals surface area contributed by atoms with Gasteiger partial charge in [-0.1, -0.05) is 31.9 Å². The Morgan fingerprint density at radius 1 is 0.979 bits per heavy atom. The first kappa shape index (κ1) is 28.4. The van der Waals surface area contributed by atoms with Gasteiger partial charge in [0, 0.05) is 66.8 Å². The minimum absolute atomic E-state index is 0.0367. The molecule has 5 nitrogen and oxygen atoms in total. The zero-order valence-corrected chi connectivity index (χ0v) is 30.3. The summed E-state index contributed by atoms with van der Waals surface area (Å²) in [6, 6.07) is 0.372. The molecule has 5 heteroatoms. The van der Waals surface area contributed by atoms with Crippen molar-refractivity contribution in [2.75, 3.05) is 34.3 Å². The Balaban J connectivity index is 0.917. The summed E-state index contributed by atoms with van der Waals surface area (Å²) in [6.07, 6.45) is 21.8. The molecule has 4 unspecified atom stereocenters. The maximum absolute atomic E-state index is 14.3. The fourth-order valence-electron chi connectivity index (χ4n) is 20.1. The normalized spacial score (nSPS) is 64.8. The zero-order chi connectivity index (χ0) is 32.2. The van der Waals surface area contributed by atoms with E-state index in [0.717, 1.165) is 30.1 Å². The molecule has 5 spiro atoms. The molecule has 15 rings (SSSR count). The second-order valence-electron chi connectivity index (χ2n) is 21.6.